The van der Waals surface area contributed by atoms with E-state index in [1.165, 1.54) is 6.07 Å². The molecule has 2 aromatic rings. The standard InChI is InChI=1S/C19H19FN2O2/c1-2-8-21-9-7-12-10-15(20)17(11-16(12)21)22-18(23)13-5-3-4-6-14(13)19(22)24/h7,9-11H,2-6,8H2,1H3. The number of hydrogen-bond acceptors (Lipinski definition) is 2. The number of amides is 2. The Labute approximate surface area is 139 Å². The maximum Gasteiger partial charge on any atom is 0.261 e. The van der Waals surface area contributed by atoms with Crippen molar-refractivity contribution in [1.29, 1.82) is 0 Å². The first-order valence-corrected chi connectivity index (χ1v) is 8.51. The molecule has 2 amide bonds. The largest absolute Gasteiger partial charge is 0.347 e. The van der Waals surface area contributed by atoms with Crippen molar-refractivity contribution in [1.82, 2.24) is 4.57 Å². The summed E-state index contributed by atoms with van der Waals surface area (Å²) in [5, 5.41) is 0.779. The lowest BCUT2D eigenvalue weighted by Crippen LogP contribution is -2.32. The lowest BCUT2D eigenvalue weighted by atomic mass is 9.93. The maximum atomic E-state index is 14.6. The maximum absolute atomic E-state index is 14.6. The zero-order valence-corrected chi connectivity index (χ0v) is 13.6. The van der Waals surface area contributed by atoms with E-state index in [0.29, 0.717) is 24.0 Å². The Balaban J connectivity index is 1.82. The first-order chi connectivity index (χ1) is 11.6. The second-order valence-corrected chi connectivity index (χ2v) is 6.48. The molecule has 4 rings (SSSR count). The number of fused-ring (bicyclic) bond motifs is 1. The van der Waals surface area contributed by atoms with Gasteiger partial charge in [-0.05, 0) is 50.3 Å². The second kappa shape index (κ2) is 5.58. The van der Waals surface area contributed by atoms with Crippen LogP contribution in [0.15, 0.2) is 35.5 Å². The predicted molar refractivity (Wildman–Crippen MR) is 90.2 cm³/mol. The molecule has 124 valence electrons. The SMILES string of the molecule is CCCn1ccc2cc(F)c(N3C(=O)C4=C(CCCC4)C3=O)cc21. The first-order valence-electron chi connectivity index (χ1n) is 8.51. The predicted octanol–water partition coefficient (Wildman–Crippen LogP) is 3.93. The van der Waals surface area contributed by atoms with Gasteiger partial charge in [0.05, 0.1) is 11.2 Å². The molecule has 0 spiro atoms. The fourth-order valence-electron chi connectivity index (χ4n) is 3.76. The number of carbonyl (C=O) groups is 2. The van der Waals surface area contributed by atoms with Crippen LogP contribution in [0.5, 0.6) is 0 Å². The summed E-state index contributed by atoms with van der Waals surface area (Å²) in [4.78, 5) is 26.4. The molecule has 0 bridgehead atoms. The zero-order chi connectivity index (χ0) is 16.8. The topological polar surface area (TPSA) is 42.3 Å². The van der Waals surface area contributed by atoms with Crippen molar-refractivity contribution >= 4 is 28.4 Å². The van der Waals surface area contributed by atoms with Crippen molar-refractivity contribution in [3.63, 3.8) is 0 Å². The van der Waals surface area contributed by atoms with Crippen molar-refractivity contribution in [2.75, 3.05) is 4.90 Å². The number of imide groups is 1. The second-order valence-electron chi connectivity index (χ2n) is 6.48. The van der Waals surface area contributed by atoms with Crippen molar-refractivity contribution in [2.45, 2.75) is 45.6 Å². The van der Waals surface area contributed by atoms with Crippen molar-refractivity contribution < 1.29 is 14.0 Å². The smallest absolute Gasteiger partial charge is 0.261 e. The molecular weight excluding hydrogens is 307 g/mol. The van der Waals surface area contributed by atoms with Crippen LogP contribution < -0.4 is 4.90 Å². The highest BCUT2D eigenvalue weighted by Gasteiger charge is 2.40. The summed E-state index contributed by atoms with van der Waals surface area (Å²) in [6.07, 6.45) is 5.92. The third-order valence-corrected chi connectivity index (χ3v) is 4.94. The van der Waals surface area contributed by atoms with Crippen molar-refractivity contribution in [2.24, 2.45) is 0 Å². The Hall–Kier alpha value is -2.43. The minimum absolute atomic E-state index is 0.0722. The van der Waals surface area contributed by atoms with E-state index in [4.69, 9.17) is 0 Å². The van der Waals surface area contributed by atoms with Gasteiger partial charge in [-0.2, -0.15) is 0 Å². The molecule has 0 radical (unpaired) electrons. The molecule has 1 aromatic heterocycles. The normalized spacial score (nSPS) is 18.0. The fraction of sp³-hybridized carbons (Fsp3) is 0.368. The third kappa shape index (κ3) is 2.11. The molecule has 0 N–H and O–H groups in total. The van der Waals surface area contributed by atoms with Gasteiger partial charge in [0.1, 0.15) is 5.82 Å². The van der Waals surface area contributed by atoms with Crippen LogP contribution >= 0.6 is 0 Å². The van der Waals surface area contributed by atoms with Crippen LogP contribution in [0.25, 0.3) is 10.9 Å². The molecule has 5 heteroatoms. The minimum Gasteiger partial charge on any atom is -0.347 e. The Bertz CT molecular complexity index is 866. The Morgan fingerprint density at radius 3 is 2.38 bits per heavy atom. The summed E-state index contributed by atoms with van der Waals surface area (Å²) in [5.74, 6) is -1.22. The number of aryl methyl sites for hydroxylation is 1. The number of carbonyl (C=O) groups excluding carboxylic acids is 2. The summed E-state index contributed by atoms with van der Waals surface area (Å²) in [7, 11) is 0. The van der Waals surface area contributed by atoms with Crippen LogP contribution in [-0.2, 0) is 16.1 Å². The number of benzene rings is 1. The molecule has 2 aliphatic rings. The summed E-state index contributed by atoms with van der Waals surface area (Å²) in [5.41, 5.74) is 2.08. The van der Waals surface area contributed by atoms with Crippen molar-refractivity contribution in [3.8, 4) is 0 Å². The fourth-order valence-corrected chi connectivity index (χ4v) is 3.76. The molecular formula is C19H19FN2O2. The molecule has 4 nitrogen and oxygen atoms in total. The number of rotatable bonds is 3. The molecule has 0 saturated heterocycles. The van der Waals surface area contributed by atoms with Gasteiger partial charge in [0.15, 0.2) is 0 Å². The molecule has 0 fully saturated rings. The summed E-state index contributed by atoms with van der Waals surface area (Å²) < 4.78 is 16.6. The summed E-state index contributed by atoms with van der Waals surface area (Å²) in [6.45, 7) is 2.88. The summed E-state index contributed by atoms with van der Waals surface area (Å²) in [6, 6.07) is 4.90. The summed E-state index contributed by atoms with van der Waals surface area (Å²) >= 11 is 0. The van der Waals surface area contributed by atoms with E-state index in [1.54, 1.807) is 6.07 Å². The highest BCUT2D eigenvalue weighted by atomic mass is 19.1. The van der Waals surface area contributed by atoms with Gasteiger partial charge in [-0.3, -0.25) is 9.59 Å². The van der Waals surface area contributed by atoms with E-state index in [1.807, 2.05) is 16.8 Å². The highest BCUT2D eigenvalue weighted by molar-refractivity contribution is 6.33. The van der Waals surface area contributed by atoms with Crippen molar-refractivity contribution in [3.05, 3.63) is 41.4 Å². The van der Waals surface area contributed by atoms with Crippen LogP contribution in [0.2, 0.25) is 0 Å². The van der Waals surface area contributed by atoms with E-state index in [2.05, 4.69) is 6.92 Å². The zero-order valence-electron chi connectivity index (χ0n) is 13.6. The van der Waals surface area contributed by atoms with Crippen LogP contribution in [-0.4, -0.2) is 16.4 Å². The minimum atomic E-state index is -0.529. The quantitative estimate of drug-likeness (QED) is 0.802. The van der Waals surface area contributed by atoms with Gasteiger partial charge in [0.2, 0.25) is 0 Å². The van der Waals surface area contributed by atoms with E-state index in [0.717, 1.165) is 41.6 Å². The van der Waals surface area contributed by atoms with Gasteiger partial charge in [-0.25, -0.2) is 9.29 Å². The number of aromatic nitrogens is 1. The van der Waals surface area contributed by atoms with Gasteiger partial charge in [0, 0.05) is 29.3 Å². The van der Waals surface area contributed by atoms with Gasteiger partial charge in [0.25, 0.3) is 11.8 Å². The average Bonchev–Trinajstić information content (AvgIpc) is 3.07. The van der Waals surface area contributed by atoms with E-state index in [-0.39, 0.29) is 17.5 Å². The van der Waals surface area contributed by atoms with Gasteiger partial charge in [-0.15, -0.1) is 0 Å². The van der Waals surface area contributed by atoms with Gasteiger partial charge in [-0.1, -0.05) is 6.92 Å². The lowest BCUT2D eigenvalue weighted by molar-refractivity contribution is -0.120. The van der Waals surface area contributed by atoms with Crippen LogP contribution in [0, 0.1) is 5.82 Å². The van der Waals surface area contributed by atoms with E-state index < -0.39 is 5.82 Å². The third-order valence-electron chi connectivity index (χ3n) is 4.94. The van der Waals surface area contributed by atoms with Gasteiger partial charge >= 0.3 is 0 Å². The number of anilines is 1. The molecule has 1 aromatic carbocycles. The van der Waals surface area contributed by atoms with E-state index >= 15 is 0 Å². The molecule has 24 heavy (non-hydrogen) atoms. The molecule has 0 atom stereocenters. The number of hydrogen-bond donors (Lipinski definition) is 0. The molecule has 1 aliphatic heterocycles. The average molecular weight is 326 g/mol. The first kappa shape index (κ1) is 15.1. The monoisotopic (exact) mass is 326 g/mol. The molecule has 2 heterocycles. The Morgan fingerprint density at radius 1 is 1.08 bits per heavy atom. The lowest BCUT2D eigenvalue weighted by Gasteiger charge is -2.17. The molecule has 0 saturated carbocycles. The van der Waals surface area contributed by atoms with Gasteiger partial charge < -0.3 is 4.57 Å². The Kier molecular flexibility index (Phi) is 3.52. The highest BCUT2D eigenvalue weighted by Crippen LogP contribution is 2.37. The Morgan fingerprint density at radius 2 is 1.75 bits per heavy atom. The molecule has 1 aliphatic carbocycles. The van der Waals surface area contributed by atoms with E-state index in [9.17, 15) is 14.0 Å². The number of halogens is 1. The van der Waals surface area contributed by atoms with Crippen LogP contribution in [0.3, 0.4) is 0 Å². The number of nitrogens with zero attached hydrogens (tertiary/aromatic N) is 2. The molecule has 0 unspecified atom stereocenters. The van der Waals surface area contributed by atoms with Crippen LogP contribution in [0.4, 0.5) is 10.1 Å². The van der Waals surface area contributed by atoms with Crippen LogP contribution in [0.1, 0.15) is 39.0 Å².